The summed E-state index contributed by atoms with van der Waals surface area (Å²) < 4.78 is 38.5. The largest absolute Gasteiger partial charge is 0.483 e. The molecule has 0 unspecified atom stereocenters. The number of hydrogen-bond donors (Lipinski definition) is 0. The predicted octanol–water partition coefficient (Wildman–Crippen LogP) is 4.51. The molecule has 0 fully saturated rings. The number of benzene rings is 2. The molecule has 126 valence electrons. The SMILES string of the molecule is CCOC(=O)C(C)=Cc1ccc(F)c(OCc2ccccc2)c1F. The predicted molar refractivity (Wildman–Crippen MR) is 87.4 cm³/mol. The fraction of sp³-hybridized carbons (Fsp3) is 0.211. The summed E-state index contributed by atoms with van der Waals surface area (Å²) in [6.07, 6.45) is 1.31. The number of halogens is 2. The van der Waals surface area contributed by atoms with E-state index in [-0.39, 0.29) is 24.4 Å². The summed E-state index contributed by atoms with van der Waals surface area (Å²) >= 11 is 0. The first-order valence-electron chi connectivity index (χ1n) is 7.53. The average molecular weight is 332 g/mol. The summed E-state index contributed by atoms with van der Waals surface area (Å²) in [4.78, 5) is 11.6. The molecule has 3 nitrogen and oxygen atoms in total. The molecule has 0 radical (unpaired) electrons. The van der Waals surface area contributed by atoms with E-state index in [4.69, 9.17) is 9.47 Å². The van der Waals surface area contributed by atoms with Crippen molar-refractivity contribution in [1.82, 2.24) is 0 Å². The molecule has 0 amide bonds. The molecule has 0 bridgehead atoms. The van der Waals surface area contributed by atoms with Gasteiger partial charge < -0.3 is 9.47 Å². The number of carbonyl (C=O) groups excluding carboxylic acids is 1. The van der Waals surface area contributed by atoms with Crippen LogP contribution in [0, 0.1) is 11.6 Å². The number of esters is 1. The Labute approximate surface area is 139 Å². The first-order chi connectivity index (χ1) is 11.5. The summed E-state index contributed by atoms with van der Waals surface area (Å²) in [5.74, 6) is -2.67. The molecule has 5 heteroatoms. The summed E-state index contributed by atoms with van der Waals surface area (Å²) in [6.45, 7) is 3.45. The number of hydrogen-bond acceptors (Lipinski definition) is 3. The molecule has 0 aliphatic rings. The Kier molecular flexibility index (Phi) is 6.07. The molecule has 0 spiro atoms. The first kappa shape index (κ1) is 17.7. The quantitative estimate of drug-likeness (QED) is 0.577. The lowest BCUT2D eigenvalue weighted by Crippen LogP contribution is -2.05. The highest BCUT2D eigenvalue weighted by atomic mass is 19.1. The van der Waals surface area contributed by atoms with Crippen molar-refractivity contribution in [2.75, 3.05) is 6.61 Å². The number of ether oxygens (including phenoxy) is 2. The van der Waals surface area contributed by atoms with Crippen LogP contribution in [0.1, 0.15) is 25.0 Å². The van der Waals surface area contributed by atoms with Crippen LogP contribution in [-0.4, -0.2) is 12.6 Å². The van der Waals surface area contributed by atoms with E-state index in [0.717, 1.165) is 11.6 Å². The second-order valence-corrected chi connectivity index (χ2v) is 5.10. The molecular formula is C19H18F2O3. The van der Waals surface area contributed by atoms with Crippen LogP contribution in [0.5, 0.6) is 5.75 Å². The van der Waals surface area contributed by atoms with Crippen LogP contribution in [-0.2, 0) is 16.1 Å². The average Bonchev–Trinajstić information content (AvgIpc) is 2.58. The van der Waals surface area contributed by atoms with E-state index in [0.29, 0.717) is 0 Å². The van der Waals surface area contributed by atoms with Gasteiger partial charge in [0.2, 0.25) is 0 Å². The fourth-order valence-corrected chi connectivity index (χ4v) is 2.06. The van der Waals surface area contributed by atoms with Gasteiger partial charge in [0.05, 0.1) is 6.61 Å². The molecule has 24 heavy (non-hydrogen) atoms. The van der Waals surface area contributed by atoms with Gasteiger partial charge >= 0.3 is 5.97 Å². The van der Waals surface area contributed by atoms with E-state index in [1.165, 1.54) is 19.1 Å². The second kappa shape index (κ2) is 8.24. The lowest BCUT2D eigenvalue weighted by Gasteiger charge is -2.10. The fourth-order valence-electron chi connectivity index (χ4n) is 2.06. The van der Waals surface area contributed by atoms with E-state index in [2.05, 4.69) is 0 Å². The first-order valence-corrected chi connectivity index (χ1v) is 7.53. The van der Waals surface area contributed by atoms with Gasteiger partial charge in [-0.1, -0.05) is 30.3 Å². The van der Waals surface area contributed by atoms with Gasteiger partial charge in [-0.2, -0.15) is 0 Å². The van der Waals surface area contributed by atoms with Crippen molar-refractivity contribution in [2.24, 2.45) is 0 Å². The summed E-state index contributed by atoms with van der Waals surface area (Å²) in [5, 5.41) is 0. The Hall–Kier alpha value is -2.69. The normalized spacial score (nSPS) is 11.2. The van der Waals surface area contributed by atoms with E-state index in [9.17, 15) is 13.6 Å². The van der Waals surface area contributed by atoms with Crippen LogP contribution in [0.25, 0.3) is 6.08 Å². The van der Waals surface area contributed by atoms with Crippen LogP contribution in [0.2, 0.25) is 0 Å². The molecule has 2 aromatic rings. The van der Waals surface area contributed by atoms with Crippen molar-refractivity contribution in [2.45, 2.75) is 20.5 Å². The highest BCUT2D eigenvalue weighted by molar-refractivity contribution is 5.93. The standard InChI is InChI=1S/C19H18F2O3/c1-3-23-19(22)13(2)11-15-9-10-16(20)18(17(15)21)24-12-14-7-5-4-6-8-14/h4-11H,3,12H2,1-2H3. The molecular weight excluding hydrogens is 314 g/mol. The van der Waals surface area contributed by atoms with E-state index >= 15 is 0 Å². The molecule has 0 saturated heterocycles. The van der Waals surface area contributed by atoms with Crippen molar-refractivity contribution in [1.29, 1.82) is 0 Å². The van der Waals surface area contributed by atoms with Crippen LogP contribution in [0.3, 0.4) is 0 Å². The third-order valence-corrected chi connectivity index (χ3v) is 3.27. The molecule has 0 aromatic heterocycles. The van der Waals surface area contributed by atoms with Gasteiger partial charge in [-0.15, -0.1) is 0 Å². The monoisotopic (exact) mass is 332 g/mol. The van der Waals surface area contributed by atoms with Gasteiger partial charge in [0.25, 0.3) is 0 Å². The van der Waals surface area contributed by atoms with Gasteiger partial charge in [0, 0.05) is 11.1 Å². The smallest absolute Gasteiger partial charge is 0.333 e. The third kappa shape index (κ3) is 4.41. The van der Waals surface area contributed by atoms with Gasteiger partial charge in [-0.05, 0) is 37.6 Å². The second-order valence-electron chi connectivity index (χ2n) is 5.10. The van der Waals surface area contributed by atoms with Crippen molar-refractivity contribution in [3.05, 3.63) is 70.8 Å². The molecule has 2 aromatic carbocycles. The topological polar surface area (TPSA) is 35.5 Å². The minimum atomic E-state index is -0.852. The van der Waals surface area contributed by atoms with Crippen molar-refractivity contribution >= 4 is 12.0 Å². The Morgan fingerprint density at radius 1 is 1.12 bits per heavy atom. The van der Waals surface area contributed by atoms with Crippen molar-refractivity contribution < 1.29 is 23.0 Å². The Bertz CT molecular complexity index is 740. The zero-order valence-corrected chi connectivity index (χ0v) is 13.5. The van der Waals surface area contributed by atoms with Crippen LogP contribution >= 0.6 is 0 Å². The molecule has 0 aliphatic carbocycles. The van der Waals surface area contributed by atoms with Gasteiger partial charge in [0.1, 0.15) is 6.61 Å². The third-order valence-electron chi connectivity index (χ3n) is 3.27. The van der Waals surface area contributed by atoms with Crippen LogP contribution in [0.15, 0.2) is 48.0 Å². The molecule has 0 heterocycles. The zero-order valence-electron chi connectivity index (χ0n) is 13.5. The number of rotatable bonds is 6. The Balaban J connectivity index is 2.23. The van der Waals surface area contributed by atoms with E-state index in [1.54, 1.807) is 19.1 Å². The Morgan fingerprint density at radius 3 is 2.50 bits per heavy atom. The maximum absolute atomic E-state index is 14.5. The van der Waals surface area contributed by atoms with Gasteiger partial charge in [-0.25, -0.2) is 13.6 Å². The number of carbonyl (C=O) groups is 1. The van der Waals surface area contributed by atoms with Crippen molar-refractivity contribution in [3.8, 4) is 5.75 Å². The summed E-state index contributed by atoms with van der Waals surface area (Å²) in [6, 6.07) is 11.4. The summed E-state index contributed by atoms with van der Waals surface area (Å²) in [5.41, 5.74) is 1.07. The Morgan fingerprint density at radius 2 is 1.83 bits per heavy atom. The highest BCUT2D eigenvalue weighted by Crippen LogP contribution is 2.27. The van der Waals surface area contributed by atoms with Gasteiger partial charge in [0.15, 0.2) is 17.4 Å². The lowest BCUT2D eigenvalue weighted by atomic mass is 10.1. The van der Waals surface area contributed by atoms with E-state index in [1.807, 2.05) is 18.2 Å². The van der Waals surface area contributed by atoms with Crippen molar-refractivity contribution in [3.63, 3.8) is 0 Å². The molecule has 0 aliphatic heterocycles. The summed E-state index contributed by atoms with van der Waals surface area (Å²) in [7, 11) is 0. The molecule has 0 atom stereocenters. The minimum Gasteiger partial charge on any atom is -0.483 e. The molecule has 0 saturated carbocycles. The van der Waals surface area contributed by atoms with Crippen LogP contribution < -0.4 is 4.74 Å². The minimum absolute atomic E-state index is 0.0404. The van der Waals surface area contributed by atoms with Gasteiger partial charge in [-0.3, -0.25) is 0 Å². The van der Waals surface area contributed by atoms with Crippen LogP contribution in [0.4, 0.5) is 8.78 Å². The highest BCUT2D eigenvalue weighted by Gasteiger charge is 2.15. The van der Waals surface area contributed by atoms with E-state index < -0.39 is 23.4 Å². The molecule has 0 N–H and O–H groups in total. The molecule has 2 rings (SSSR count). The lowest BCUT2D eigenvalue weighted by molar-refractivity contribution is -0.138. The maximum Gasteiger partial charge on any atom is 0.333 e. The zero-order chi connectivity index (χ0) is 17.5. The maximum atomic E-state index is 14.5.